The van der Waals surface area contributed by atoms with Gasteiger partial charge in [0.2, 0.25) is 0 Å². The number of thioether (sulfide) groups is 1. The normalized spacial score (nSPS) is 13.9. The summed E-state index contributed by atoms with van der Waals surface area (Å²) in [5.41, 5.74) is 3.36. The molecule has 1 aliphatic rings. The van der Waals surface area contributed by atoms with E-state index in [4.69, 9.17) is 11.6 Å². The Kier molecular flexibility index (Phi) is 6.88. The highest BCUT2D eigenvalue weighted by atomic mass is 35.5. The average molecular weight is 444 g/mol. The number of benzene rings is 1. The Morgan fingerprint density at radius 3 is 2.43 bits per heavy atom. The molecule has 1 aromatic heterocycles. The van der Waals surface area contributed by atoms with Crippen molar-refractivity contribution in [1.29, 1.82) is 0 Å². The molecular weight excluding hydrogens is 414 g/mol. The van der Waals surface area contributed by atoms with Crippen molar-refractivity contribution >= 4 is 41.5 Å². The molecule has 0 saturated heterocycles. The summed E-state index contributed by atoms with van der Waals surface area (Å²) in [4.78, 5) is 12.9. The molecule has 0 bridgehead atoms. The SMILES string of the molecule is CC(C)C1=CC=c2c(c(SC(C)(C)C)c(CC(=O)O)n2Cc2ccc(Cl)cc2)=CC1. The third-order valence-electron chi connectivity index (χ3n) is 5.12. The van der Waals surface area contributed by atoms with Gasteiger partial charge in [-0.2, -0.15) is 0 Å². The number of rotatable bonds is 6. The van der Waals surface area contributed by atoms with E-state index in [1.165, 1.54) is 5.57 Å². The molecule has 1 N–H and O–H groups in total. The molecule has 2 aromatic rings. The minimum absolute atomic E-state index is 0.00142. The highest BCUT2D eigenvalue weighted by Crippen LogP contribution is 2.33. The van der Waals surface area contributed by atoms with Gasteiger partial charge in [0, 0.05) is 37.5 Å². The molecule has 0 aliphatic heterocycles. The monoisotopic (exact) mass is 443 g/mol. The average Bonchev–Trinajstić information content (AvgIpc) is 2.79. The Labute approximate surface area is 188 Å². The van der Waals surface area contributed by atoms with Gasteiger partial charge in [-0.1, -0.05) is 76.1 Å². The van der Waals surface area contributed by atoms with Gasteiger partial charge in [0.25, 0.3) is 0 Å². The summed E-state index contributed by atoms with van der Waals surface area (Å²) in [5, 5.41) is 12.6. The molecule has 0 fully saturated rings. The first-order valence-corrected chi connectivity index (χ1v) is 11.5. The molecule has 160 valence electrons. The van der Waals surface area contributed by atoms with Crippen molar-refractivity contribution in [2.24, 2.45) is 5.92 Å². The first-order valence-electron chi connectivity index (χ1n) is 10.3. The molecule has 0 spiro atoms. The fourth-order valence-corrected chi connectivity index (χ4v) is 4.99. The number of nitrogens with zero attached hydrogens (tertiary/aromatic N) is 1. The van der Waals surface area contributed by atoms with Crippen LogP contribution in [-0.4, -0.2) is 20.4 Å². The number of carboxylic acids is 1. The zero-order valence-corrected chi connectivity index (χ0v) is 19.9. The van der Waals surface area contributed by atoms with Crippen molar-refractivity contribution in [2.75, 3.05) is 0 Å². The Hall–Kier alpha value is -1.91. The van der Waals surface area contributed by atoms with Gasteiger partial charge in [-0.3, -0.25) is 4.79 Å². The first kappa shape index (κ1) is 22.8. The van der Waals surface area contributed by atoms with Gasteiger partial charge in [-0.25, -0.2) is 0 Å². The van der Waals surface area contributed by atoms with E-state index in [-0.39, 0.29) is 11.2 Å². The third-order valence-corrected chi connectivity index (χ3v) is 6.64. The topological polar surface area (TPSA) is 42.2 Å². The first-order chi connectivity index (χ1) is 14.0. The van der Waals surface area contributed by atoms with E-state index in [0.29, 0.717) is 17.5 Å². The van der Waals surface area contributed by atoms with Crippen LogP contribution in [0.5, 0.6) is 0 Å². The van der Waals surface area contributed by atoms with Gasteiger partial charge < -0.3 is 9.67 Å². The van der Waals surface area contributed by atoms with Crippen LogP contribution in [0.25, 0.3) is 12.2 Å². The summed E-state index contributed by atoms with van der Waals surface area (Å²) in [6.07, 6.45) is 7.55. The number of carboxylic acid groups (broad SMARTS) is 1. The number of hydrogen-bond acceptors (Lipinski definition) is 2. The summed E-state index contributed by atoms with van der Waals surface area (Å²) in [5.74, 6) is -0.336. The maximum Gasteiger partial charge on any atom is 0.309 e. The number of carbonyl (C=O) groups is 1. The molecule has 0 saturated carbocycles. The van der Waals surface area contributed by atoms with Crippen LogP contribution >= 0.6 is 23.4 Å². The van der Waals surface area contributed by atoms with E-state index in [1.54, 1.807) is 11.8 Å². The van der Waals surface area contributed by atoms with E-state index in [9.17, 15) is 9.90 Å². The lowest BCUT2D eigenvalue weighted by Gasteiger charge is -2.19. The molecule has 0 atom stereocenters. The summed E-state index contributed by atoms with van der Waals surface area (Å²) in [7, 11) is 0. The number of allylic oxidation sites excluding steroid dienone is 2. The van der Waals surface area contributed by atoms with Crippen LogP contribution in [0.1, 0.15) is 52.3 Å². The zero-order valence-electron chi connectivity index (χ0n) is 18.3. The second-order valence-electron chi connectivity index (χ2n) is 9.04. The fraction of sp³-hybridized carbons (Fsp3) is 0.400. The van der Waals surface area contributed by atoms with Crippen molar-refractivity contribution in [1.82, 2.24) is 4.57 Å². The minimum atomic E-state index is -0.811. The lowest BCUT2D eigenvalue weighted by molar-refractivity contribution is -0.136. The highest BCUT2D eigenvalue weighted by molar-refractivity contribution is 8.00. The molecular formula is C25H30ClNO2S. The van der Waals surface area contributed by atoms with Crippen LogP contribution in [0.4, 0.5) is 0 Å². The Balaban J connectivity index is 2.27. The number of fused-ring (bicyclic) bond motifs is 1. The van der Waals surface area contributed by atoms with Crippen LogP contribution in [0, 0.1) is 5.92 Å². The Morgan fingerprint density at radius 1 is 1.20 bits per heavy atom. The second-order valence-corrected chi connectivity index (χ2v) is 11.3. The molecule has 3 rings (SSSR count). The molecule has 5 heteroatoms. The standard InChI is InChI=1S/C25H30ClNO2S/c1-16(2)18-8-12-20-21(13-9-18)27(15-17-6-10-19(26)11-7-17)22(14-23(28)29)24(20)30-25(3,4)5/h6-7,9-13,16H,8,14-15H2,1-5H3,(H,28,29). The van der Waals surface area contributed by atoms with Gasteiger partial charge in [0.1, 0.15) is 0 Å². The smallest absolute Gasteiger partial charge is 0.309 e. The highest BCUT2D eigenvalue weighted by Gasteiger charge is 2.23. The summed E-state index contributed by atoms with van der Waals surface area (Å²) < 4.78 is 2.15. The lowest BCUT2D eigenvalue weighted by Crippen LogP contribution is -2.30. The van der Waals surface area contributed by atoms with Crippen LogP contribution in [0.2, 0.25) is 5.02 Å². The van der Waals surface area contributed by atoms with Gasteiger partial charge >= 0.3 is 5.97 Å². The quantitative estimate of drug-likeness (QED) is 0.619. The van der Waals surface area contributed by atoms with Crippen LogP contribution in [0.3, 0.4) is 0 Å². The van der Waals surface area contributed by atoms with Crippen LogP contribution in [0.15, 0.2) is 40.8 Å². The molecule has 1 aromatic carbocycles. The van der Waals surface area contributed by atoms with E-state index in [0.717, 1.165) is 33.1 Å². The Morgan fingerprint density at radius 2 is 1.87 bits per heavy atom. The van der Waals surface area contributed by atoms with Crippen molar-refractivity contribution in [3.8, 4) is 0 Å². The predicted molar refractivity (Wildman–Crippen MR) is 128 cm³/mol. The number of aromatic nitrogens is 1. The van der Waals surface area contributed by atoms with Crippen molar-refractivity contribution in [3.63, 3.8) is 0 Å². The zero-order chi connectivity index (χ0) is 22.1. The molecule has 0 unspecified atom stereocenters. The largest absolute Gasteiger partial charge is 0.481 e. The molecule has 1 heterocycles. The van der Waals surface area contributed by atoms with E-state index in [1.807, 2.05) is 24.3 Å². The molecule has 3 nitrogen and oxygen atoms in total. The summed E-state index contributed by atoms with van der Waals surface area (Å²) in [6, 6.07) is 7.78. The van der Waals surface area contributed by atoms with Gasteiger partial charge in [0.05, 0.1) is 6.42 Å². The maximum absolute atomic E-state index is 11.8. The van der Waals surface area contributed by atoms with Crippen molar-refractivity contribution in [3.05, 3.63) is 62.8 Å². The predicted octanol–water partition coefficient (Wildman–Crippen LogP) is 5.25. The molecule has 30 heavy (non-hydrogen) atoms. The Bertz CT molecular complexity index is 1090. The number of hydrogen-bond donors (Lipinski definition) is 1. The fourth-order valence-electron chi connectivity index (χ4n) is 3.66. The summed E-state index contributed by atoms with van der Waals surface area (Å²) in [6.45, 7) is 11.6. The van der Waals surface area contributed by atoms with Crippen molar-refractivity contribution < 1.29 is 9.90 Å². The molecule has 0 amide bonds. The number of aliphatic carboxylic acids is 1. The lowest BCUT2D eigenvalue weighted by atomic mass is 10.00. The maximum atomic E-state index is 11.8. The van der Waals surface area contributed by atoms with E-state index in [2.05, 4.69) is 57.4 Å². The second kappa shape index (κ2) is 9.07. The molecule has 0 radical (unpaired) electrons. The van der Waals surface area contributed by atoms with Gasteiger partial charge in [-0.15, -0.1) is 11.8 Å². The minimum Gasteiger partial charge on any atom is -0.481 e. The van der Waals surface area contributed by atoms with Crippen molar-refractivity contribution in [2.45, 2.75) is 63.6 Å². The summed E-state index contributed by atoms with van der Waals surface area (Å²) >= 11 is 7.82. The van der Waals surface area contributed by atoms with Gasteiger partial charge in [-0.05, 0) is 36.1 Å². The van der Waals surface area contributed by atoms with E-state index >= 15 is 0 Å². The van der Waals surface area contributed by atoms with Gasteiger partial charge in [0.15, 0.2) is 0 Å². The molecule has 1 aliphatic carbocycles. The van der Waals surface area contributed by atoms with E-state index < -0.39 is 5.97 Å². The van der Waals surface area contributed by atoms with Crippen LogP contribution in [-0.2, 0) is 17.8 Å². The number of halogens is 1. The third kappa shape index (κ3) is 5.41. The van der Waals surface area contributed by atoms with Crippen LogP contribution < -0.4 is 10.6 Å².